The van der Waals surface area contributed by atoms with Gasteiger partial charge in [0.2, 0.25) is 11.0 Å². The Morgan fingerprint density at radius 2 is 1.77 bits per heavy atom. The maximum Gasteiger partial charge on any atom is 0.281 e. The second-order valence-corrected chi connectivity index (χ2v) is 9.06. The van der Waals surface area contributed by atoms with Crippen molar-refractivity contribution < 1.29 is 23.5 Å². The summed E-state index contributed by atoms with van der Waals surface area (Å²) in [5, 5.41) is 17.8. The van der Waals surface area contributed by atoms with Crippen molar-refractivity contribution in [2.24, 2.45) is 0 Å². The van der Waals surface area contributed by atoms with E-state index in [-0.39, 0.29) is 34.1 Å². The number of carbonyl (C=O) groups excluding carboxylic acids is 2. The first kappa shape index (κ1) is 24.2. The molecule has 10 nitrogen and oxygen atoms in total. The fourth-order valence-corrected chi connectivity index (χ4v) is 4.41. The van der Waals surface area contributed by atoms with Crippen LogP contribution in [0.1, 0.15) is 10.5 Å². The van der Waals surface area contributed by atoms with E-state index in [0.717, 1.165) is 11.3 Å². The smallest absolute Gasteiger partial charge is 0.281 e. The number of aromatic nitrogens is 4. The van der Waals surface area contributed by atoms with Crippen molar-refractivity contribution in [1.82, 2.24) is 20.0 Å². The molecule has 0 spiro atoms. The number of nitrogens with zero attached hydrogens (tertiary/aromatic N) is 4. The van der Waals surface area contributed by atoms with Crippen molar-refractivity contribution in [2.45, 2.75) is 4.34 Å². The summed E-state index contributed by atoms with van der Waals surface area (Å²) in [6.45, 7) is 0. The van der Waals surface area contributed by atoms with Gasteiger partial charge in [-0.15, -0.1) is 10.2 Å². The summed E-state index contributed by atoms with van der Waals surface area (Å²) in [7, 11) is 2.99. The van der Waals surface area contributed by atoms with E-state index in [1.165, 1.54) is 54.0 Å². The molecule has 2 amide bonds. The summed E-state index contributed by atoms with van der Waals surface area (Å²) < 4.78 is 25.5. The highest BCUT2D eigenvalue weighted by molar-refractivity contribution is 8.01. The number of carbonyl (C=O) groups is 2. The number of amides is 2. The van der Waals surface area contributed by atoms with Gasteiger partial charge in [0.1, 0.15) is 11.6 Å². The summed E-state index contributed by atoms with van der Waals surface area (Å²) in [5.74, 6) is -0.0923. The molecule has 0 saturated heterocycles. The van der Waals surface area contributed by atoms with Crippen LogP contribution in [-0.4, -0.2) is 51.8 Å². The van der Waals surface area contributed by atoms with E-state index in [1.54, 1.807) is 31.4 Å². The van der Waals surface area contributed by atoms with Crippen LogP contribution < -0.4 is 20.1 Å². The monoisotopic (exact) mass is 514 g/mol. The van der Waals surface area contributed by atoms with Crippen LogP contribution in [-0.2, 0) is 4.79 Å². The number of hydrogen-bond acceptors (Lipinski definition) is 9. The number of anilines is 2. The lowest BCUT2D eigenvalue weighted by Gasteiger charge is -2.05. The molecule has 2 aromatic heterocycles. The molecular formula is C22H19FN6O4S2. The minimum absolute atomic E-state index is 0.0279. The first-order chi connectivity index (χ1) is 16.9. The maximum atomic E-state index is 13.2. The lowest BCUT2D eigenvalue weighted by molar-refractivity contribution is -0.113. The summed E-state index contributed by atoms with van der Waals surface area (Å²) >= 11 is 2.31. The quantitative estimate of drug-likeness (QED) is 0.255. The zero-order valence-corrected chi connectivity index (χ0v) is 20.2. The summed E-state index contributed by atoms with van der Waals surface area (Å²) in [5.41, 5.74) is 1.24. The van der Waals surface area contributed by atoms with E-state index < -0.39 is 5.91 Å². The number of thioether (sulfide) groups is 1. The Morgan fingerprint density at radius 3 is 2.46 bits per heavy atom. The van der Waals surface area contributed by atoms with Gasteiger partial charge >= 0.3 is 0 Å². The van der Waals surface area contributed by atoms with Gasteiger partial charge in [0.25, 0.3) is 5.91 Å². The molecule has 0 unspecified atom stereocenters. The zero-order chi connectivity index (χ0) is 24.8. The second-order valence-electron chi connectivity index (χ2n) is 6.86. The number of methoxy groups -OCH3 is 2. The fraction of sp³-hybridized carbons (Fsp3) is 0.136. The molecule has 2 aromatic carbocycles. The fourth-order valence-electron chi connectivity index (χ4n) is 2.86. The molecule has 13 heteroatoms. The van der Waals surface area contributed by atoms with Crippen LogP contribution in [0.25, 0.3) is 5.69 Å². The number of ether oxygens (including phenoxy) is 2. The zero-order valence-electron chi connectivity index (χ0n) is 18.5. The summed E-state index contributed by atoms with van der Waals surface area (Å²) in [6, 6.07) is 12.6. The third-order valence-electron chi connectivity index (χ3n) is 4.53. The number of hydrogen-bond donors (Lipinski definition) is 2. The Balaban J connectivity index is 1.34. The number of halogens is 1. The van der Waals surface area contributed by atoms with E-state index in [2.05, 4.69) is 25.9 Å². The van der Waals surface area contributed by atoms with Crippen LogP contribution >= 0.6 is 23.1 Å². The molecule has 180 valence electrons. The van der Waals surface area contributed by atoms with Gasteiger partial charge < -0.3 is 14.8 Å². The second kappa shape index (κ2) is 11.0. The van der Waals surface area contributed by atoms with Crippen molar-refractivity contribution in [3.63, 3.8) is 0 Å². The average Bonchev–Trinajstić information content (AvgIpc) is 3.51. The number of rotatable bonds is 9. The third-order valence-corrected chi connectivity index (χ3v) is 6.51. The third kappa shape index (κ3) is 6.13. The molecule has 0 aliphatic heterocycles. The molecule has 4 aromatic rings. The first-order valence-electron chi connectivity index (χ1n) is 10.1. The van der Waals surface area contributed by atoms with Gasteiger partial charge in [0, 0.05) is 5.69 Å². The van der Waals surface area contributed by atoms with Crippen LogP contribution in [0.5, 0.6) is 11.5 Å². The highest BCUT2D eigenvalue weighted by Crippen LogP contribution is 2.27. The summed E-state index contributed by atoms with van der Waals surface area (Å²) in [6.07, 6.45) is 1.52. The molecule has 0 aliphatic rings. The van der Waals surface area contributed by atoms with Gasteiger partial charge in [-0.2, -0.15) is 5.10 Å². The van der Waals surface area contributed by atoms with Gasteiger partial charge in [-0.05, 0) is 48.5 Å². The molecule has 0 radical (unpaired) electrons. The predicted octanol–water partition coefficient (Wildman–Crippen LogP) is 3.86. The largest absolute Gasteiger partial charge is 0.497 e. The number of nitrogens with one attached hydrogen (secondary N) is 2. The Kier molecular flexibility index (Phi) is 7.57. The Labute approximate surface area is 207 Å². The first-order valence-corrected chi connectivity index (χ1v) is 11.9. The molecule has 0 atom stereocenters. The van der Waals surface area contributed by atoms with Crippen molar-refractivity contribution in [1.29, 1.82) is 0 Å². The highest BCUT2D eigenvalue weighted by Gasteiger charge is 2.20. The molecular weight excluding hydrogens is 495 g/mol. The van der Waals surface area contributed by atoms with Crippen LogP contribution in [0, 0.1) is 5.82 Å². The lowest BCUT2D eigenvalue weighted by Crippen LogP contribution is -2.14. The molecule has 0 bridgehead atoms. The average molecular weight is 515 g/mol. The van der Waals surface area contributed by atoms with Crippen molar-refractivity contribution in [2.75, 3.05) is 30.6 Å². The maximum absolute atomic E-state index is 13.2. The molecule has 35 heavy (non-hydrogen) atoms. The SMILES string of the molecule is COc1ccc(NC(=O)CSc2nnc(NC(=O)c3nn(-c4ccc(F)cc4)cc3OC)s2)cc1. The Hall–Kier alpha value is -3.97. The van der Waals surface area contributed by atoms with Crippen LogP contribution in [0.4, 0.5) is 15.2 Å². The highest BCUT2D eigenvalue weighted by atomic mass is 32.2. The molecule has 2 heterocycles. The predicted molar refractivity (Wildman–Crippen MR) is 130 cm³/mol. The van der Waals surface area contributed by atoms with Crippen LogP contribution in [0.2, 0.25) is 0 Å². The summed E-state index contributed by atoms with van der Waals surface area (Å²) in [4.78, 5) is 24.9. The van der Waals surface area contributed by atoms with Gasteiger partial charge in [-0.25, -0.2) is 9.07 Å². The van der Waals surface area contributed by atoms with Crippen molar-refractivity contribution in [3.8, 4) is 17.2 Å². The normalized spacial score (nSPS) is 10.6. The minimum Gasteiger partial charge on any atom is -0.497 e. The molecule has 2 N–H and O–H groups in total. The molecule has 4 rings (SSSR count). The van der Waals surface area contributed by atoms with E-state index in [4.69, 9.17) is 9.47 Å². The molecule has 0 fully saturated rings. The van der Waals surface area contributed by atoms with Gasteiger partial charge in [0.15, 0.2) is 15.8 Å². The lowest BCUT2D eigenvalue weighted by atomic mass is 10.3. The van der Waals surface area contributed by atoms with E-state index in [9.17, 15) is 14.0 Å². The molecule has 0 aliphatic carbocycles. The van der Waals surface area contributed by atoms with E-state index >= 15 is 0 Å². The van der Waals surface area contributed by atoms with E-state index in [0.29, 0.717) is 21.5 Å². The van der Waals surface area contributed by atoms with Crippen molar-refractivity contribution >= 4 is 45.7 Å². The van der Waals surface area contributed by atoms with E-state index in [1.807, 2.05) is 0 Å². The van der Waals surface area contributed by atoms with Crippen molar-refractivity contribution in [3.05, 3.63) is 66.2 Å². The van der Waals surface area contributed by atoms with Crippen LogP contribution in [0.3, 0.4) is 0 Å². The molecule has 0 saturated carbocycles. The number of benzene rings is 2. The Bertz CT molecular complexity index is 1320. The standard InChI is InChI=1S/C22H19FN6O4S2/c1-32-16-9-5-14(6-10-16)24-18(30)12-34-22-27-26-21(35-22)25-20(31)19-17(33-2)11-29(28-19)15-7-3-13(23)4-8-15/h3-11H,12H2,1-2H3,(H,24,30)(H,25,26,31). The topological polar surface area (TPSA) is 120 Å². The Morgan fingerprint density at radius 1 is 1.03 bits per heavy atom. The van der Waals surface area contributed by atoms with Gasteiger partial charge in [-0.1, -0.05) is 23.1 Å². The van der Waals surface area contributed by atoms with Crippen LogP contribution in [0.15, 0.2) is 59.1 Å². The van der Waals surface area contributed by atoms with Gasteiger partial charge in [-0.3, -0.25) is 14.9 Å². The van der Waals surface area contributed by atoms with Gasteiger partial charge in [0.05, 0.1) is 31.9 Å². The minimum atomic E-state index is -0.548.